The summed E-state index contributed by atoms with van der Waals surface area (Å²) in [5.41, 5.74) is 1.71. The van der Waals surface area contributed by atoms with E-state index in [1.54, 1.807) is 17.0 Å². The first-order chi connectivity index (χ1) is 10.0. The molecule has 1 fully saturated rings. The van der Waals surface area contributed by atoms with Crippen LogP contribution in [0.3, 0.4) is 0 Å². The van der Waals surface area contributed by atoms with Gasteiger partial charge in [-0.25, -0.2) is 9.59 Å². The Balaban J connectivity index is 1.88. The number of amides is 2. The molecule has 0 radical (unpaired) electrons. The van der Waals surface area contributed by atoms with Crippen molar-refractivity contribution in [3.8, 4) is 0 Å². The molecule has 1 aromatic carbocycles. The highest BCUT2D eigenvalue weighted by Crippen LogP contribution is 2.33. The third-order valence-corrected chi connectivity index (χ3v) is 4.59. The predicted octanol–water partition coefficient (Wildman–Crippen LogP) is 2.79. The van der Waals surface area contributed by atoms with E-state index in [1.165, 1.54) is 0 Å². The lowest BCUT2D eigenvalue weighted by molar-refractivity contribution is 0.0695. The number of anilines is 1. The van der Waals surface area contributed by atoms with Crippen molar-refractivity contribution in [1.82, 2.24) is 5.32 Å². The lowest BCUT2D eigenvalue weighted by Gasteiger charge is -2.41. The molecule has 0 bridgehead atoms. The smallest absolute Gasteiger partial charge is 0.336 e. The molecule has 1 aliphatic carbocycles. The van der Waals surface area contributed by atoms with E-state index in [4.69, 9.17) is 0 Å². The zero-order valence-corrected chi connectivity index (χ0v) is 12.2. The van der Waals surface area contributed by atoms with Crippen LogP contribution in [0.5, 0.6) is 0 Å². The number of carbonyl (C=O) groups excluding carboxylic acids is 1. The van der Waals surface area contributed by atoms with Crippen LogP contribution in [0.25, 0.3) is 0 Å². The van der Waals surface area contributed by atoms with Crippen LogP contribution in [0.4, 0.5) is 10.5 Å². The van der Waals surface area contributed by atoms with Crippen LogP contribution in [-0.2, 0) is 6.42 Å². The highest BCUT2D eigenvalue weighted by Gasteiger charge is 2.35. The number of carbonyl (C=O) groups is 2. The second-order valence-corrected chi connectivity index (χ2v) is 6.21. The summed E-state index contributed by atoms with van der Waals surface area (Å²) < 4.78 is 0. The molecule has 1 aromatic rings. The van der Waals surface area contributed by atoms with Gasteiger partial charge in [0.1, 0.15) is 0 Å². The van der Waals surface area contributed by atoms with Gasteiger partial charge in [-0.15, -0.1) is 0 Å². The molecule has 21 heavy (non-hydrogen) atoms. The Labute approximate surface area is 123 Å². The molecule has 1 heterocycles. The van der Waals surface area contributed by atoms with Crippen LogP contribution in [0, 0.1) is 0 Å². The number of aromatic carboxylic acids is 1. The van der Waals surface area contributed by atoms with E-state index in [1.807, 2.05) is 6.07 Å². The molecule has 0 aromatic heterocycles. The second kappa shape index (κ2) is 5.06. The molecule has 2 aliphatic rings. The van der Waals surface area contributed by atoms with Gasteiger partial charge in [0, 0.05) is 17.8 Å². The van der Waals surface area contributed by atoms with Crippen molar-refractivity contribution in [2.45, 2.75) is 44.6 Å². The van der Waals surface area contributed by atoms with Crippen LogP contribution >= 0.6 is 0 Å². The molecule has 1 saturated carbocycles. The van der Waals surface area contributed by atoms with Gasteiger partial charge < -0.3 is 10.4 Å². The van der Waals surface area contributed by atoms with Gasteiger partial charge in [-0.1, -0.05) is 6.07 Å². The largest absolute Gasteiger partial charge is 0.478 e. The molecule has 5 nitrogen and oxygen atoms in total. The number of benzene rings is 1. The van der Waals surface area contributed by atoms with Crippen LogP contribution < -0.4 is 10.2 Å². The van der Waals surface area contributed by atoms with E-state index in [0.717, 1.165) is 36.9 Å². The molecule has 0 saturated heterocycles. The molecule has 0 spiro atoms. The summed E-state index contributed by atoms with van der Waals surface area (Å²) in [6.07, 6.45) is 4.67. The zero-order chi connectivity index (χ0) is 15.0. The molecular formula is C16H20N2O3. The summed E-state index contributed by atoms with van der Waals surface area (Å²) in [7, 11) is 0. The van der Waals surface area contributed by atoms with Gasteiger partial charge in [0.15, 0.2) is 0 Å². The summed E-state index contributed by atoms with van der Waals surface area (Å²) in [6, 6.07) is 5.04. The maximum Gasteiger partial charge on any atom is 0.336 e. The quantitative estimate of drug-likeness (QED) is 0.879. The molecule has 1 aliphatic heterocycles. The van der Waals surface area contributed by atoms with Crippen molar-refractivity contribution >= 4 is 17.7 Å². The van der Waals surface area contributed by atoms with E-state index in [9.17, 15) is 14.7 Å². The second-order valence-electron chi connectivity index (χ2n) is 6.21. The average molecular weight is 288 g/mol. The minimum Gasteiger partial charge on any atom is -0.478 e. The molecule has 112 valence electrons. The van der Waals surface area contributed by atoms with Crippen molar-refractivity contribution in [2.24, 2.45) is 0 Å². The normalized spacial score (nSPS) is 19.4. The van der Waals surface area contributed by atoms with Crippen LogP contribution in [0.1, 0.15) is 48.5 Å². The first-order valence-corrected chi connectivity index (χ1v) is 7.45. The number of carboxylic acid groups (broad SMARTS) is 1. The molecule has 3 rings (SSSR count). The first-order valence-electron chi connectivity index (χ1n) is 7.45. The highest BCUT2D eigenvalue weighted by atomic mass is 16.4. The average Bonchev–Trinajstić information content (AvgIpc) is 2.44. The molecule has 0 atom stereocenters. The minimum absolute atomic E-state index is 0.0981. The molecular weight excluding hydrogens is 268 g/mol. The summed E-state index contributed by atoms with van der Waals surface area (Å²) in [5, 5.41) is 12.4. The summed E-state index contributed by atoms with van der Waals surface area (Å²) in [6.45, 7) is 2.70. The summed E-state index contributed by atoms with van der Waals surface area (Å²) >= 11 is 0. The van der Waals surface area contributed by atoms with Gasteiger partial charge in [0.05, 0.1) is 5.56 Å². The maximum atomic E-state index is 12.5. The van der Waals surface area contributed by atoms with Crippen molar-refractivity contribution in [2.75, 3.05) is 11.4 Å². The van der Waals surface area contributed by atoms with Crippen molar-refractivity contribution in [3.05, 3.63) is 29.3 Å². The van der Waals surface area contributed by atoms with Gasteiger partial charge >= 0.3 is 12.0 Å². The lowest BCUT2D eigenvalue weighted by Crippen LogP contribution is -2.56. The summed E-state index contributed by atoms with van der Waals surface area (Å²) in [5.74, 6) is -0.930. The van der Waals surface area contributed by atoms with Gasteiger partial charge in [0.25, 0.3) is 0 Å². The Kier molecular flexibility index (Phi) is 3.35. The number of nitrogens with zero attached hydrogens (tertiary/aromatic N) is 1. The maximum absolute atomic E-state index is 12.5. The monoisotopic (exact) mass is 288 g/mol. The van der Waals surface area contributed by atoms with Gasteiger partial charge in [-0.3, -0.25) is 4.90 Å². The van der Waals surface area contributed by atoms with Gasteiger partial charge in [-0.2, -0.15) is 0 Å². The molecule has 2 amide bonds. The third-order valence-electron chi connectivity index (χ3n) is 4.59. The van der Waals surface area contributed by atoms with E-state index >= 15 is 0 Å². The van der Waals surface area contributed by atoms with Crippen LogP contribution in [-0.4, -0.2) is 29.2 Å². The fraction of sp³-hybridized carbons (Fsp3) is 0.500. The lowest BCUT2D eigenvalue weighted by atomic mass is 9.79. The number of fused-ring (bicyclic) bond motifs is 1. The first kappa shape index (κ1) is 13.9. The Morgan fingerprint density at radius 1 is 1.29 bits per heavy atom. The minimum atomic E-state index is -0.930. The number of hydrogen-bond acceptors (Lipinski definition) is 2. The highest BCUT2D eigenvalue weighted by molar-refractivity contribution is 5.97. The van der Waals surface area contributed by atoms with Crippen LogP contribution in [0.15, 0.2) is 18.2 Å². The fourth-order valence-corrected chi connectivity index (χ4v) is 3.19. The van der Waals surface area contributed by atoms with Crippen molar-refractivity contribution < 1.29 is 14.7 Å². The molecule has 0 unspecified atom stereocenters. The Morgan fingerprint density at radius 2 is 2.05 bits per heavy atom. The number of urea groups is 1. The third kappa shape index (κ3) is 2.48. The van der Waals surface area contributed by atoms with Crippen molar-refractivity contribution in [1.29, 1.82) is 0 Å². The van der Waals surface area contributed by atoms with Crippen molar-refractivity contribution in [3.63, 3.8) is 0 Å². The number of nitrogens with one attached hydrogen (secondary N) is 1. The van der Waals surface area contributed by atoms with Gasteiger partial charge in [-0.05, 0) is 56.7 Å². The Morgan fingerprint density at radius 3 is 2.67 bits per heavy atom. The van der Waals surface area contributed by atoms with Crippen LogP contribution in [0.2, 0.25) is 0 Å². The molecule has 5 heteroatoms. The zero-order valence-electron chi connectivity index (χ0n) is 12.2. The van der Waals surface area contributed by atoms with E-state index in [0.29, 0.717) is 18.5 Å². The Hall–Kier alpha value is -2.04. The molecule has 2 N–H and O–H groups in total. The number of rotatable bonds is 2. The van der Waals surface area contributed by atoms with E-state index in [-0.39, 0.29) is 11.6 Å². The van der Waals surface area contributed by atoms with Gasteiger partial charge in [0.2, 0.25) is 0 Å². The predicted molar refractivity (Wildman–Crippen MR) is 79.9 cm³/mol. The standard InChI is InChI=1S/C16H20N2O3/c1-16(8-4-9-16)17-15(21)18-10-3-6-11-12(14(19)20)5-2-7-13(11)18/h2,5,7H,3-4,6,8-10H2,1H3,(H,17,21)(H,19,20). The summed E-state index contributed by atoms with van der Waals surface area (Å²) in [4.78, 5) is 25.5. The fourth-order valence-electron chi connectivity index (χ4n) is 3.19. The SMILES string of the molecule is CC1(NC(=O)N2CCCc3c(C(=O)O)cccc32)CCC1. The number of hydrogen-bond donors (Lipinski definition) is 2. The van der Waals surface area contributed by atoms with E-state index < -0.39 is 5.97 Å². The van der Waals surface area contributed by atoms with E-state index in [2.05, 4.69) is 12.2 Å². The topological polar surface area (TPSA) is 69.6 Å². The number of carboxylic acids is 1. The Bertz CT molecular complexity index is 593.